The van der Waals surface area contributed by atoms with Gasteiger partial charge in [-0.25, -0.2) is 9.59 Å². The Labute approximate surface area is 92.1 Å². The highest BCUT2D eigenvalue weighted by molar-refractivity contribution is 6.07. The average molecular weight is 227 g/mol. The number of piperidine rings is 1. The third-order valence-electron chi connectivity index (χ3n) is 2.94. The summed E-state index contributed by atoms with van der Waals surface area (Å²) in [5, 5.41) is 4.77. The minimum atomic E-state index is -0.969. The fourth-order valence-electron chi connectivity index (χ4n) is 2.16. The zero-order valence-corrected chi connectivity index (χ0v) is 8.91. The Kier molecular flexibility index (Phi) is 2.45. The molecule has 2 rings (SSSR count). The maximum absolute atomic E-state index is 11.6. The van der Waals surface area contributed by atoms with Gasteiger partial charge in [0.1, 0.15) is 5.54 Å². The van der Waals surface area contributed by atoms with Crippen molar-refractivity contribution in [2.45, 2.75) is 18.4 Å². The number of rotatable bonds is 0. The number of hydrogen-bond acceptors (Lipinski definition) is 4. The molecule has 2 saturated heterocycles. The highest BCUT2D eigenvalue weighted by atomic mass is 16.5. The monoisotopic (exact) mass is 227 g/mol. The van der Waals surface area contributed by atoms with Gasteiger partial charge >= 0.3 is 12.1 Å². The molecule has 0 aromatic rings. The second-order valence-electron chi connectivity index (χ2n) is 3.99. The molecule has 7 heteroatoms. The molecule has 1 unspecified atom stereocenters. The molecule has 7 nitrogen and oxygen atoms in total. The molecule has 0 saturated carbocycles. The maximum atomic E-state index is 11.6. The molecular weight excluding hydrogens is 214 g/mol. The maximum Gasteiger partial charge on any atom is 0.409 e. The van der Waals surface area contributed by atoms with Crippen LogP contribution in [0, 0.1) is 0 Å². The molecule has 0 radical (unpaired) electrons. The molecule has 88 valence electrons. The van der Waals surface area contributed by atoms with Crippen molar-refractivity contribution in [3.8, 4) is 0 Å². The summed E-state index contributed by atoms with van der Waals surface area (Å²) in [6.45, 7) is 0.703. The number of carbonyl (C=O) groups is 3. The van der Waals surface area contributed by atoms with Crippen LogP contribution in [-0.4, -0.2) is 48.7 Å². The number of carbonyl (C=O) groups excluding carboxylic acids is 3. The predicted molar refractivity (Wildman–Crippen MR) is 52.6 cm³/mol. The number of nitrogens with zero attached hydrogens (tertiary/aromatic N) is 1. The largest absolute Gasteiger partial charge is 0.453 e. The average Bonchev–Trinajstić information content (AvgIpc) is 2.52. The van der Waals surface area contributed by atoms with E-state index in [0.29, 0.717) is 19.4 Å². The van der Waals surface area contributed by atoms with Crippen molar-refractivity contribution in [3.63, 3.8) is 0 Å². The number of urea groups is 1. The lowest BCUT2D eigenvalue weighted by atomic mass is 9.89. The summed E-state index contributed by atoms with van der Waals surface area (Å²) in [7, 11) is 1.29. The predicted octanol–water partition coefficient (Wildman–Crippen LogP) is -0.573. The van der Waals surface area contributed by atoms with Crippen LogP contribution in [0.1, 0.15) is 12.8 Å². The SMILES string of the molecule is COC(=O)N1CCCC2(C1)NC(=O)NC2=O. The Balaban J connectivity index is 2.15. The molecule has 4 amide bonds. The lowest BCUT2D eigenvalue weighted by molar-refractivity contribution is -0.125. The summed E-state index contributed by atoms with van der Waals surface area (Å²) in [6.07, 6.45) is 0.717. The van der Waals surface area contributed by atoms with Crippen LogP contribution in [-0.2, 0) is 9.53 Å². The van der Waals surface area contributed by atoms with Crippen LogP contribution in [0.25, 0.3) is 0 Å². The summed E-state index contributed by atoms with van der Waals surface area (Å²) in [4.78, 5) is 35.5. The van der Waals surface area contributed by atoms with E-state index in [0.717, 1.165) is 0 Å². The zero-order valence-electron chi connectivity index (χ0n) is 8.91. The summed E-state index contributed by atoms with van der Waals surface area (Å²) in [5.74, 6) is -0.369. The van der Waals surface area contributed by atoms with Gasteiger partial charge in [-0.05, 0) is 12.8 Å². The molecule has 0 aliphatic carbocycles. The van der Waals surface area contributed by atoms with E-state index in [-0.39, 0.29) is 12.5 Å². The first kappa shape index (κ1) is 10.7. The Hall–Kier alpha value is -1.79. The van der Waals surface area contributed by atoms with Gasteiger partial charge in [0.2, 0.25) is 0 Å². The smallest absolute Gasteiger partial charge is 0.409 e. The van der Waals surface area contributed by atoms with Gasteiger partial charge in [-0.1, -0.05) is 0 Å². The Morgan fingerprint density at radius 1 is 1.50 bits per heavy atom. The zero-order chi connectivity index (χ0) is 11.8. The Morgan fingerprint density at radius 2 is 2.25 bits per heavy atom. The summed E-state index contributed by atoms with van der Waals surface area (Å²) >= 11 is 0. The van der Waals surface area contributed by atoms with Crippen molar-refractivity contribution in [1.29, 1.82) is 0 Å². The summed E-state index contributed by atoms with van der Waals surface area (Å²) in [5.41, 5.74) is -0.969. The molecule has 2 aliphatic heterocycles. The second-order valence-corrected chi connectivity index (χ2v) is 3.99. The van der Waals surface area contributed by atoms with Crippen molar-refractivity contribution in [1.82, 2.24) is 15.5 Å². The molecule has 2 heterocycles. The van der Waals surface area contributed by atoms with E-state index < -0.39 is 17.7 Å². The van der Waals surface area contributed by atoms with Gasteiger partial charge in [0.15, 0.2) is 0 Å². The van der Waals surface area contributed by atoms with Crippen LogP contribution in [0.5, 0.6) is 0 Å². The van der Waals surface area contributed by atoms with Crippen molar-refractivity contribution in [2.75, 3.05) is 20.2 Å². The molecule has 0 aromatic carbocycles. The van der Waals surface area contributed by atoms with E-state index in [4.69, 9.17) is 0 Å². The number of hydrogen-bond donors (Lipinski definition) is 2. The minimum Gasteiger partial charge on any atom is -0.453 e. The van der Waals surface area contributed by atoms with E-state index >= 15 is 0 Å². The molecule has 16 heavy (non-hydrogen) atoms. The summed E-state index contributed by atoms with van der Waals surface area (Å²) in [6, 6.07) is -0.503. The van der Waals surface area contributed by atoms with Crippen LogP contribution >= 0.6 is 0 Å². The molecular formula is C9H13N3O4. The second kappa shape index (κ2) is 3.66. The van der Waals surface area contributed by atoms with Crippen LogP contribution in [0.15, 0.2) is 0 Å². The minimum absolute atomic E-state index is 0.164. The van der Waals surface area contributed by atoms with Crippen LogP contribution in [0.3, 0.4) is 0 Å². The van der Waals surface area contributed by atoms with Crippen LogP contribution < -0.4 is 10.6 Å². The lowest BCUT2D eigenvalue weighted by Gasteiger charge is -2.36. The van der Waals surface area contributed by atoms with Gasteiger partial charge in [0.05, 0.1) is 13.7 Å². The van der Waals surface area contributed by atoms with Gasteiger partial charge in [-0.15, -0.1) is 0 Å². The van der Waals surface area contributed by atoms with E-state index in [1.165, 1.54) is 12.0 Å². The third kappa shape index (κ3) is 1.58. The lowest BCUT2D eigenvalue weighted by Crippen LogP contribution is -2.59. The van der Waals surface area contributed by atoms with E-state index in [1.54, 1.807) is 0 Å². The van der Waals surface area contributed by atoms with E-state index in [1.807, 2.05) is 0 Å². The number of imide groups is 1. The first-order chi connectivity index (χ1) is 7.57. The first-order valence-corrected chi connectivity index (χ1v) is 5.04. The summed E-state index contributed by atoms with van der Waals surface area (Å²) < 4.78 is 4.60. The van der Waals surface area contributed by atoms with Crippen molar-refractivity contribution >= 4 is 18.0 Å². The fourth-order valence-corrected chi connectivity index (χ4v) is 2.16. The molecule has 0 bridgehead atoms. The Bertz CT molecular complexity index is 357. The number of likely N-dealkylation sites (tertiary alicyclic amines) is 1. The van der Waals surface area contributed by atoms with Crippen LogP contribution in [0.4, 0.5) is 9.59 Å². The standard InChI is InChI=1S/C9H13N3O4/c1-16-8(15)12-4-2-3-9(5-12)6(13)10-7(14)11-9/h2-5H2,1H3,(H2,10,11,13,14). The molecule has 2 N–H and O–H groups in total. The molecule has 2 fully saturated rings. The number of ether oxygens (including phenoxy) is 1. The van der Waals surface area contributed by atoms with Crippen LogP contribution in [0.2, 0.25) is 0 Å². The van der Waals surface area contributed by atoms with E-state index in [9.17, 15) is 14.4 Å². The molecule has 0 aromatic heterocycles. The third-order valence-corrected chi connectivity index (χ3v) is 2.94. The first-order valence-electron chi connectivity index (χ1n) is 5.04. The van der Waals surface area contributed by atoms with Gasteiger partial charge in [-0.2, -0.15) is 0 Å². The van der Waals surface area contributed by atoms with E-state index in [2.05, 4.69) is 15.4 Å². The fraction of sp³-hybridized carbons (Fsp3) is 0.667. The molecule has 2 aliphatic rings. The van der Waals surface area contributed by atoms with Crippen molar-refractivity contribution < 1.29 is 19.1 Å². The van der Waals surface area contributed by atoms with Gasteiger partial charge in [0.25, 0.3) is 5.91 Å². The molecule has 1 spiro atoms. The van der Waals surface area contributed by atoms with Crippen molar-refractivity contribution in [2.24, 2.45) is 0 Å². The number of methoxy groups -OCH3 is 1. The van der Waals surface area contributed by atoms with Gasteiger partial charge in [0, 0.05) is 6.54 Å². The molecule has 1 atom stereocenters. The highest BCUT2D eigenvalue weighted by Crippen LogP contribution is 2.24. The van der Waals surface area contributed by atoms with Crippen molar-refractivity contribution in [3.05, 3.63) is 0 Å². The highest BCUT2D eigenvalue weighted by Gasteiger charge is 2.49. The number of nitrogens with one attached hydrogen (secondary N) is 2. The van der Waals surface area contributed by atoms with Gasteiger partial charge < -0.3 is 15.0 Å². The topological polar surface area (TPSA) is 87.7 Å². The number of amides is 4. The normalized spacial score (nSPS) is 28.9. The Morgan fingerprint density at radius 3 is 2.81 bits per heavy atom. The van der Waals surface area contributed by atoms with Gasteiger partial charge in [-0.3, -0.25) is 10.1 Å². The quantitative estimate of drug-likeness (QED) is 0.542.